The van der Waals surface area contributed by atoms with E-state index in [9.17, 15) is 4.79 Å². The van der Waals surface area contributed by atoms with Gasteiger partial charge in [0, 0.05) is 23.4 Å². The Morgan fingerprint density at radius 3 is 2.48 bits per heavy atom. The molecule has 2 heterocycles. The van der Waals surface area contributed by atoms with Crippen molar-refractivity contribution in [3.8, 4) is 0 Å². The molecule has 1 unspecified atom stereocenters. The average Bonchev–Trinajstić information content (AvgIpc) is 2.97. The largest absolute Gasteiger partial charge is 0.328 e. The fourth-order valence-corrected chi connectivity index (χ4v) is 4.21. The molecule has 110 valence electrons. The summed E-state index contributed by atoms with van der Waals surface area (Å²) in [5.41, 5.74) is 8.92. The van der Waals surface area contributed by atoms with Crippen molar-refractivity contribution in [3.63, 3.8) is 0 Å². The van der Waals surface area contributed by atoms with E-state index in [2.05, 4.69) is 15.9 Å². The molecule has 7 heteroatoms. The number of imidazole rings is 1. The molecule has 1 aromatic carbocycles. The summed E-state index contributed by atoms with van der Waals surface area (Å²) in [7, 11) is 3.51. The quantitative estimate of drug-likeness (QED) is 0.734. The van der Waals surface area contributed by atoms with E-state index in [0.29, 0.717) is 5.02 Å². The number of nitrogens with zero attached hydrogens (tertiary/aromatic N) is 2. The molecule has 0 fully saturated rings. The highest BCUT2D eigenvalue weighted by Gasteiger charge is 2.19. The van der Waals surface area contributed by atoms with Gasteiger partial charge >= 0.3 is 5.69 Å². The second-order valence-corrected chi connectivity index (χ2v) is 7.08. The molecule has 2 N–H and O–H groups in total. The van der Waals surface area contributed by atoms with Crippen LogP contribution >= 0.6 is 38.9 Å². The maximum Gasteiger partial charge on any atom is 0.328 e. The molecule has 3 aromatic rings. The molecule has 3 rings (SSSR count). The Morgan fingerprint density at radius 2 is 1.90 bits per heavy atom. The minimum atomic E-state index is -0.327. The number of thiophene rings is 1. The average molecular weight is 387 g/mol. The van der Waals surface area contributed by atoms with Gasteiger partial charge in [0.15, 0.2) is 0 Å². The van der Waals surface area contributed by atoms with Crippen LogP contribution in [-0.2, 0) is 14.1 Å². The van der Waals surface area contributed by atoms with Crippen molar-refractivity contribution >= 4 is 49.9 Å². The summed E-state index contributed by atoms with van der Waals surface area (Å²) in [6.07, 6.45) is 0. The van der Waals surface area contributed by atoms with Gasteiger partial charge in [-0.3, -0.25) is 9.13 Å². The minimum Gasteiger partial charge on any atom is -0.320 e. The maximum absolute atomic E-state index is 12.0. The van der Waals surface area contributed by atoms with Gasteiger partial charge in [-0.15, -0.1) is 11.3 Å². The fraction of sp³-hybridized carbons (Fsp3) is 0.214. The van der Waals surface area contributed by atoms with Crippen molar-refractivity contribution in [3.05, 3.63) is 54.0 Å². The van der Waals surface area contributed by atoms with Gasteiger partial charge in [0.2, 0.25) is 0 Å². The molecule has 2 aromatic heterocycles. The highest BCUT2D eigenvalue weighted by molar-refractivity contribution is 9.10. The van der Waals surface area contributed by atoms with Gasteiger partial charge in [0.05, 0.1) is 22.1 Å². The molecular weight excluding hydrogens is 374 g/mol. The second kappa shape index (κ2) is 5.28. The molecule has 0 aliphatic rings. The minimum absolute atomic E-state index is 0.0585. The number of fused-ring (bicyclic) bond motifs is 1. The van der Waals surface area contributed by atoms with Crippen molar-refractivity contribution in [1.82, 2.24) is 9.13 Å². The zero-order valence-electron chi connectivity index (χ0n) is 11.4. The second-order valence-electron chi connectivity index (χ2n) is 4.87. The van der Waals surface area contributed by atoms with E-state index in [0.717, 1.165) is 25.9 Å². The molecule has 1 atom stereocenters. The van der Waals surface area contributed by atoms with E-state index < -0.39 is 0 Å². The third-order valence-electron chi connectivity index (χ3n) is 3.65. The number of nitrogens with two attached hydrogens (primary N) is 1. The Balaban J connectivity index is 2.24. The number of aromatic nitrogens is 2. The third-order valence-corrected chi connectivity index (χ3v) is 5.78. The van der Waals surface area contributed by atoms with E-state index in [1.54, 1.807) is 23.2 Å². The molecule has 0 aliphatic heterocycles. The van der Waals surface area contributed by atoms with E-state index in [-0.39, 0.29) is 11.7 Å². The topological polar surface area (TPSA) is 53.0 Å². The SMILES string of the molecule is Cn1c(=O)n(C)c2cc(C(N)c3sccc3Cl)c(Br)cc21. The molecule has 0 amide bonds. The first-order valence-electron chi connectivity index (χ1n) is 6.25. The fourth-order valence-electron chi connectivity index (χ4n) is 2.44. The Bertz CT molecular complexity index is 896. The smallest absolute Gasteiger partial charge is 0.320 e. The predicted octanol–water partition coefficient (Wildman–Crippen LogP) is 3.40. The van der Waals surface area contributed by atoms with Crippen LogP contribution in [0.1, 0.15) is 16.5 Å². The van der Waals surface area contributed by atoms with E-state index in [1.165, 1.54) is 11.3 Å². The highest BCUT2D eigenvalue weighted by atomic mass is 79.9. The van der Waals surface area contributed by atoms with Crippen molar-refractivity contribution < 1.29 is 0 Å². The number of benzene rings is 1. The Kier molecular flexibility index (Phi) is 3.73. The van der Waals surface area contributed by atoms with Crippen LogP contribution in [0.15, 0.2) is 32.8 Å². The lowest BCUT2D eigenvalue weighted by atomic mass is 10.1. The van der Waals surface area contributed by atoms with E-state index in [4.69, 9.17) is 17.3 Å². The molecule has 21 heavy (non-hydrogen) atoms. The van der Waals surface area contributed by atoms with Crippen LogP contribution in [0.3, 0.4) is 0 Å². The normalized spacial score (nSPS) is 13.0. The molecule has 0 bridgehead atoms. The third kappa shape index (κ3) is 2.26. The van der Waals surface area contributed by atoms with Gasteiger partial charge in [-0.25, -0.2) is 4.79 Å². The number of halogens is 2. The highest BCUT2D eigenvalue weighted by Crippen LogP contribution is 2.35. The van der Waals surface area contributed by atoms with E-state index in [1.807, 2.05) is 23.6 Å². The lowest BCUT2D eigenvalue weighted by molar-refractivity contribution is 0.795. The molecule has 4 nitrogen and oxygen atoms in total. The summed E-state index contributed by atoms with van der Waals surface area (Å²) in [5, 5.41) is 2.59. The predicted molar refractivity (Wildman–Crippen MR) is 91.2 cm³/mol. The van der Waals surface area contributed by atoms with Crippen LogP contribution in [0.25, 0.3) is 11.0 Å². The summed E-state index contributed by atoms with van der Waals surface area (Å²) in [4.78, 5) is 12.9. The summed E-state index contributed by atoms with van der Waals surface area (Å²) < 4.78 is 4.11. The lowest BCUT2D eigenvalue weighted by Crippen LogP contribution is -2.19. The van der Waals surface area contributed by atoms with Crippen LogP contribution in [0, 0.1) is 0 Å². The molecule has 0 spiro atoms. The van der Waals surface area contributed by atoms with Crippen LogP contribution in [0.5, 0.6) is 0 Å². The van der Waals surface area contributed by atoms with Gasteiger partial charge in [-0.05, 0) is 29.1 Å². The Hall–Kier alpha value is -1.08. The zero-order chi connectivity index (χ0) is 15.3. The molecule has 0 saturated carbocycles. The number of hydrogen-bond acceptors (Lipinski definition) is 3. The van der Waals surface area contributed by atoms with Gasteiger partial charge in [-0.1, -0.05) is 27.5 Å². The lowest BCUT2D eigenvalue weighted by Gasteiger charge is -2.14. The van der Waals surface area contributed by atoms with Crippen molar-refractivity contribution in [2.75, 3.05) is 0 Å². The number of rotatable bonds is 2. The van der Waals surface area contributed by atoms with Gasteiger partial charge in [0.1, 0.15) is 0 Å². The summed E-state index contributed by atoms with van der Waals surface area (Å²) >= 11 is 11.3. The Labute approximate surface area is 138 Å². The Morgan fingerprint density at radius 1 is 1.29 bits per heavy atom. The van der Waals surface area contributed by atoms with Crippen molar-refractivity contribution in [1.29, 1.82) is 0 Å². The number of aryl methyl sites for hydroxylation is 2. The first kappa shape index (κ1) is 14.8. The van der Waals surface area contributed by atoms with Crippen LogP contribution in [-0.4, -0.2) is 9.13 Å². The van der Waals surface area contributed by atoms with Gasteiger partial charge in [-0.2, -0.15) is 0 Å². The van der Waals surface area contributed by atoms with Crippen LogP contribution in [0.4, 0.5) is 0 Å². The van der Waals surface area contributed by atoms with Crippen molar-refractivity contribution in [2.24, 2.45) is 19.8 Å². The zero-order valence-corrected chi connectivity index (χ0v) is 14.6. The maximum atomic E-state index is 12.0. The van der Waals surface area contributed by atoms with E-state index >= 15 is 0 Å². The summed E-state index contributed by atoms with van der Waals surface area (Å²) in [6.45, 7) is 0. The van der Waals surface area contributed by atoms with Crippen LogP contribution in [0.2, 0.25) is 5.02 Å². The van der Waals surface area contributed by atoms with Crippen molar-refractivity contribution in [2.45, 2.75) is 6.04 Å². The van der Waals surface area contributed by atoms with Gasteiger partial charge < -0.3 is 5.73 Å². The summed E-state index contributed by atoms with van der Waals surface area (Å²) in [6, 6.07) is 5.38. The molecular formula is C14H13BrClN3OS. The first-order valence-corrected chi connectivity index (χ1v) is 8.30. The number of hydrogen-bond donors (Lipinski definition) is 1. The van der Waals surface area contributed by atoms with Crippen LogP contribution < -0.4 is 11.4 Å². The first-order chi connectivity index (χ1) is 9.91. The molecule has 0 radical (unpaired) electrons. The molecule has 0 aliphatic carbocycles. The standard InChI is InChI=1S/C14H13BrClN3OS/c1-18-10-5-7(12(17)13-9(16)3-4-21-13)8(15)6-11(10)19(2)14(18)20/h3-6,12H,17H2,1-2H3. The monoisotopic (exact) mass is 385 g/mol. The van der Waals surface area contributed by atoms with Gasteiger partial charge in [0.25, 0.3) is 0 Å². The summed E-state index contributed by atoms with van der Waals surface area (Å²) in [5.74, 6) is 0. The molecule has 0 saturated heterocycles.